The number of pyridine rings is 1. The zero-order valence-corrected chi connectivity index (χ0v) is 15.0. The van der Waals surface area contributed by atoms with E-state index in [-0.39, 0.29) is 11.6 Å². The van der Waals surface area contributed by atoms with Gasteiger partial charge in [0.15, 0.2) is 5.69 Å². The highest BCUT2D eigenvalue weighted by Gasteiger charge is 2.52. The van der Waals surface area contributed by atoms with Crippen molar-refractivity contribution < 1.29 is 14.1 Å². The monoisotopic (exact) mass is 340 g/mol. The highest BCUT2D eigenvalue weighted by Crippen LogP contribution is 2.36. The summed E-state index contributed by atoms with van der Waals surface area (Å²) in [4.78, 5) is 16.6. The van der Waals surface area contributed by atoms with Crippen LogP contribution in [-0.4, -0.2) is 39.4 Å². The third-order valence-corrected chi connectivity index (χ3v) is 4.56. The SMILES string of the molecule is Cc1ccc(C(=O)Nc2ccnc(B3OC(C)(C)C(C)(C)O3)c2)nn1. The number of hydrogen-bond donors (Lipinski definition) is 1. The van der Waals surface area contributed by atoms with E-state index in [1.807, 2.05) is 34.6 Å². The lowest BCUT2D eigenvalue weighted by molar-refractivity contribution is 0.00578. The number of carbonyl (C=O) groups excluding carboxylic acids is 1. The molecule has 3 rings (SSSR count). The Kier molecular flexibility index (Phi) is 4.34. The molecule has 8 heteroatoms. The molecule has 0 aromatic carbocycles. The normalized spacial score (nSPS) is 18.2. The van der Waals surface area contributed by atoms with Gasteiger partial charge >= 0.3 is 7.12 Å². The molecule has 7 nitrogen and oxygen atoms in total. The molecule has 0 saturated carbocycles. The Hall–Kier alpha value is -2.32. The van der Waals surface area contributed by atoms with Crippen LogP contribution in [0.1, 0.15) is 43.9 Å². The number of anilines is 1. The lowest BCUT2D eigenvalue weighted by atomic mass is 9.84. The summed E-state index contributed by atoms with van der Waals surface area (Å²) in [6, 6.07) is 6.81. The summed E-state index contributed by atoms with van der Waals surface area (Å²) in [7, 11) is -0.582. The van der Waals surface area contributed by atoms with Crippen LogP contribution in [0.25, 0.3) is 0 Å². The van der Waals surface area contributed by atoms with Gasteiger partial charge in [-0.15, -0.1) is 5.10 Å². The van der Waals surface area contributed by atoms with Crippen LogP contribution in [0.5, 0.6) is 0 Å². The fourth-order valence-electron chi connectivity index (χ4n) is 2.33. The molecule has 0 radical (unpaired) electrons. The third-order valence-electron chi connectivity index (χ3n) is 4.56. The quantitative estimate of drug-likeness (QED) is 0.857. The van der Waals surface area contributed by atoms with Crippen molar-refractivity contribution in [1.82, 2.24) is 15.2 Å². The number of aromatic nitrogens is 3. The van der Waals surface area contributed by atoms with Crippen molar-refractivity contribution in [3.05, 3.63) is 41.9 Å². The van der Waals surface area contributed by atoms with Crippen molar-refractivity contribution in [2.24, 2.45) is 0 Å². The summed E-state index contributed by atoms with van der Waals surface area (Å²) in [6.45, 7) is 9.74. The van der Waals surface area contributed by atoms with Gasteiger partial charge < -0.3 is 14.6 Å². The summed E-state index contributed by atoms with van der Waals surface area (Å²) < 4.78 is 12.0. The lowest BCUT2D eigenvalue weighted by Gasteiger charge is -2.32. The molecule has 0 spiro atoms. The number of aryl methyl sites for hydroxylation is 1. The van der Waals surface area contributed by atoms with E-state index in [1.165, 1.54) is 0 Å². The molecule has 1 amide bonds. The van der Waals surface area contributed by atoms with Crippen LogP contribution < -0.4 is 10.9 Å². The number of rotatable bonds is 3. The Bertz CT molecular complexity index is 777. The summed E-state index contributed by atoms with van der Waals surface area (Å²) in [5.74, 6) is -0.335. The molecule has 130 valence electrons. The Labute approximate surface area is 147 Å². The van der Waals surface area contributed by atoms with E-state index in [4.69, 9.17) is 9.31 Å². The predicted octanol–water partition coefficient (Wildman–Crippen LogP) is 1.73. The van der Waals surface area contributed by atoms with Crippen LogP contribution in [0.15, 0.2) is 30.5 Å². The fourth-order valence-corrected chi connectivity index (χ4v) is 2.33. The lowest BCUT2D eigenvalue weighted by Crippen LogP contribution is -2.41. The molecule has 0 unspecified atom stereocenters. The number of nitrogens with one attached hydrogen (secondary N) is 1. The highest BCUT2D eigenvalue weighted by molar-refractivity contribution is 6.61. The standard InChI is InChI=1S/C17H21BN4O3/c1-11-6-7-13(22-21-11)15(23)20-12-8-9-19-14(10-12)18-24-16(2,3)17(4,5)25-18/h6-10H,1-5H3,(H,19,20,23). The average Bonchev–Trinajstić information content (AvgIpc) is 2.76. The molecule has 25 heavy (non-hydrogen) atoms. The third kappa shape index (κ3) is 3.55. The maximum Gasteiger partial charge on any atom is 0.514 e. The molecule has 0 aliphatic carbocycles. The minimum Gasteiger partial charge on any atom is -0.398 e. The first-order chi connectivity index (χ1) is 11.7. The molecule has 1 N–H and O–H groups in total. The molecule has 3 heterocycles. The van der Waals surface area contributed by atoms with E-state index < -0.39 is 18.3 Å². The predicted molar refractivity (Wildman–Crippen MR) is 94.7 cm³/mol. The highest BCUT2D eigenvalue weighted by atomic mass is 16.7. The fraction of sp³-hybridized carbons (Fsp3) is 0.412. The molecule has 1 aliphatic heterocycles. The second-order valence-corrected chi connectivity index (χ2v) is 7.07. The van der Waals surface area contributed by atoms with Gasteiger partial charge in [-0.05, 0) is 58.9 Å². The Morgan fingerprint density at radius 2 is 1.76 bits per heavy atom. The summed E-state index contributed by atoms with van der Waals surface area (Å²) >= 11 is 0. The van der Waals surface area contributed by atoms with Crippen LogP contribution in [0.3, 0.4) is 0 Å². The first-order valence-corrected chi connectivity index (χ1v) is 8.11. The van der Waals surface area contributed by atoms with Crippen LogP contribution in [0, 0.1) is 6.92 Å². The van der Waals surface area contributed by atoms with Gasteiger partial charge in [0.25, 0.3) is 5.91 Å². The second-order valence-electron chi connectivity index (χ2n) is 7.07. The summed E-state index contributed by atoms with van der Waals surface area (Å²) in [5, 5.41) is 10.6. The van der Waals surface area contributed by atoms with Gasteiger partial charge in [0, 0.05) is 11.9 Å². The van der Waals surface area contributed by atoms with Crippen molar-refractivity contribution in [3.63, 3.8) is 0 Å². The van der Waals surface area contributed by atoms with Crippen LogP contribution >= 0.6 is 0 Å². The molecule has 1 aliphatic rings. The minimum atomic E-state index is -0.582. The molecule has 2 aromatic rings. The first-order valence-electron chi connectivity index (χ1n) is 8.11. The molecule has 2 aromatic heterocycles. The van der Waals surface area contributed by atoms with Crippen molar-refractivity contribution in [1.29, 1.82) is 0 Å². The average molecular weight is 340 g/mol. The molecular weight excluding hydrogens is 319 g/mol. The molecule has 0 bridgehead atoms. The number of hydrogen-bond acceptors (Lipinski definition) is 6. The summed E-state index contributed by atoms with van der Waals surface area (Å²) in [6.07, 6.45) is 1.61. The zero-order valence-electron chi connectivity index (χ0n) is 15.0. The number of amides is 1. The number of carbonyl (C=O) groups is 1. The van der Waals surface area contributed by atoms with Gasteiger partial charge in [0.1, 0.15) is 0 Å². The van der Waals surface area contributed by atoms with Crippen molar-refractivity contribution >= 4 is 24.3 Å². The van der Waals surface area contributed by atoms with Gasteiger partial charge in [0.2, 0.25) is 0 Å². The van der Waals surface area contributed by atoms with Crippen molar-refractivity contribution in [2.45, 2.75) is 45.8 Å². The van der Waals surface area contributed by atoms with Crippen LogP contribution in [0.2, 0.25) is 0 Å². The zero-order chi connectivity index (χ0) is 18.2. The van der Waals surface area contributed by atoms with Gasteiger partial charge in [-0.3, -0.25) is 9.78 Å². The summed E-state index contributed by atoms with van der Waals surface area (Å²) in [5.41, 5.74) is 1.30. The van der Waals surface area contributed by atoms with Gasteiger partial charge in [-0.25, -0.2) is 0 Å². The topological polar surface area (TPSA) is 86.2 Å². The van der Waals surface area contributed by atoms with Crippen molar-refractivity contribution in [3.8, 4) is 0 Å². The maximum atomic E-state index is 12.3. The Balaban J connectivity index is 1.76. The van der Waals surface area contributed by atoms with E-state index in [0.29, 0.717) is 11.3 Å². The Morgan fingerprint density at radius 1 is 1.08 bits per heavy atom. The van der Waals surface area contributed by atoms with Gasteiger partial charge in [0.05, 0.1) is 22.5 Å². The second kappa shape index (κ2) is 6.20. The van der Waals surface area contributed by atoms with Crippen molar-refractivity contribution in [2.75, 3.05) is 5.32 Å². The smallest absolute Gasteiger partial charge is 0.398 e. The van der Waals surface area contributed by atoms with E-state index in [0.717, 1.165) is 5.69 Å². The molecular formula is C17H21BN4O3. The van der Waals surface area contributed by atoms with Crippen LogP contribution in [-0.2, 0) is 9.31 Å². The molecule has 1 saturated heterocycles. The van der Waals surface area contributed by atoms with Crippen LogP contribution in [0.4, 0.5) is 5.69 Å². The molecule has 0 atom stereocenters. The van der Waals surface area contributed by atoms with Gasteiger partial charge in [-0.1, -0.05) is 0 Å². The first kappa shape index (κ1) is 17.5. The minimum absolute atomic E-state index is 0.250. The largest absolute Gasteiger partial charge is 0.514 e. The Morgan fingerprint density at radius 3 is 2.36 bits per heavy atom. The van der Waals surface area contributed by atoms with E-state index >= 15 is 0 Å². The number of nitrogens with zero attached hydrogens (tertiary/aromatic N) is 3. The van der Waals surface area contributed by atoms with Gasteiger partial charge in [-0.2, -0.15) is 5.10 Å². The van der Waals surface area contributed by atoms with E-state index in [9.17, 15) is 4.79 Å². The maximum absolute atomic E-state index is 12.3. The van der Waals surface area contributed by atoms with E-state index in [1.54, 1.807) is 30.5 Å². The molecule has 1 fully saturated rings. The van der Waals surface area contributed by atoms with E-state index in [2.05, 4.69) is 20.5 Å².